The van der Waals surface area contributed by atoms with Crippen LogP contribution in [0.4, 0.5) is 0 Å². The van der Waals surface area contributed by atoms with Gasteiger partial charge in [-0.25, -0.2) is 18.1 Å². The molecule has 1 aromatic heterocycles. The van der Waals surface area contributed by atoms with Gasteiger partial charge in [-0.15, -0.1) is 0 Å². The number of aromatic amines is 1. The Balaban J connectivity index is 1.90. The third-order valence-electron chi connectivity index (χ3n) is 2.88. The first-order valence-electron chi connectivity index (χ1n) is 6.39. The lowest BCUT2D eigenvalue weighted by Gasteiger charge is -2.07. The molecule has 1 aromatic carbocycles. The molecule has 0 bridgehead atoms. The molecule has 0 amide bonds. The summed E-state index contributed by atoms with van der Waals surface area (Å²) in [5, 5.41) is 0. The number of hydrogen-bond donors (Lipinski definition) is 3. The summed E-state index contributed by atoms with van der Waals surface area (Å²) in [7, 11) is -3.47. The maximum Gasteiger partial charge on any atom is 0.240 e. The van der Waals surface area contributed by atoms with Crippen LogP contribution in [0.15, 0.2) is 41.6 Å². The second-order valence-corrected chi connectivity index (χ2v) is 6.16. The number of hydrogen-bond acceptors (Lipinski definition) is 4. The van der Waals surface area contributed by atoms with Crippen molar-refractivity contribution in [2.24, 2.45) is 5.73 Å². The van der Waals surface area contributed by atoms with Gasteiger partial charge in [0.25, 0.3) is 0 Å². The van der Waals surface area contributed by atoms with Gasteiger partial charge in [-0.2, -0.15) is 0 Å². The minimum Gasteiger partial charge on any atom is -0.349 e. The average molecular weight is 294 g/mol. The van der Waals surface area contributed by atoms with E-state index in [0.29, 0.717) is 25.9 Å². The van der Waals surface area contributed by atoms with Crippen molar-refractivity contribution in [2.45, 2.75) is 24.3 Å². The fraction of sp³-hybridized carbons (Fsp3) is 0.308. The van der Waals surface area contributed by atoms with Crippen LogP contribution in [0.25, 0.3) is 0 Å². The van der Waals surface area contributed by atoms with Gasteiger partial charge in [0, 0.05) is 31.9 Å². The fourth-order valence-corrected chi connectivity index (χ4v) is 2.96. The van der Waals surface area contributed by atoms with Gasteiger partial charge in [0.2, 0.25) is 10.0 Å². The molecular weight excluding hydrogens is 276 g/mol. The Morgan fingerprint density at radius 1 is 1.35 bits per heavy atom. The van der Waals surface area contributed by atoms with Crippen molar-refractivity contribution in [2.75, 3.05) is 6.54 Å². The zero-order valence-corrected chi connectivity index (χ0v) is 11.9. The molecule has 0 aliphatic carbocycles. The van der Waals surface area contributed by atoms with Gasteiger partial charge in [0.05, 0.1) is 4.90 Å². The number of nitrogens with zero attached hydrogens (tertiary/aromatic N) is 1. The number of rotatable bonds is 7. The van der Waals surface area contributed by atoms with Crippen molar-refractivity contribution in [3.05, 3.63) is 48.0 Å². The molecule has 0 unspecified atom stereocenters. The highest BCUT2D eigenvalue weighted by molar-refractivity contribution is 7.89. The van der Waals surface area contributed by atoms with Crippen LogP contribution >= 0.6 is 0 Å². The predicted molar refractivity (Wildman–Crippen MR) is 76.4 cm³/mol. The molecule has 1 heterocycles. The van der Waals surface area contributed by atoms with Crippen LogP contribution in [-0.2, 0) is 23.0 Å². The Morgan fingerprint density at radius 2 is 2.20 bits per heavy atom. The normalized spacial score (nSPS) is 11.7. The summed E-state index contributed by atoms with van der Waals surface area (Å²) in [6.45, 7) is 0.692. The Morgan fingerprint density at radius 3 is 2.90 bits per heavy atom. The summed E-state index contributed by atoms with van der Waals surface area (Å²) < 4.78 is 26.8. The van der Waals surface area contributed by atoms with Crippen LogP contribution in [0, 0.1) is 0 Å². The van der Waals surface area contributed by atoms with E-state index in [1.165, 1.54) is 0 Å². The highest BCUT2D eigenvalue weighted by Crippen LogP contribution is 2.11. The van der Waals surface area contributed by atoms with E-state index >= 15 is 0 Å². The number of aromatic nitrogens is 2. The summed E-state index contributed by atoms with van der Waals surface area (Å²) in [5.74, 6) is 0.856. The highest BCUT2D eigenvalue weighted by atomic mass is 32.2. The summed E-state index contributed by atoms with van der Waals surface area (Å²) in [5.41, 5.74) is 6.31. The minimum absolute atomic E-state index is 0.249. The lowest BCUT2D eigenvalue weighted by Crippen LogP contribution is -2.25. The summed E-state index contributed by atoms with van der Waals surface area (Å²) in [6.07, 6.45) is 4.82. The number of H-pyrrole nitrogens is 1. The standard InChI is InChI=1S/C13H18N4O2S/c14-10-11-3-1-4-12(9-11)20(18,19)17-6-2-5-13-15-7-8-16-13/h1,3-4,7-9,17H,2,5-6,10,14H2,(H,15,16). The molecule has 0 fully saturated rings. The van der Waals surface area contributed by atoms with Gasteiger partial charge in [-0.05, 0) is 24.1 Å². The van der Waals surface area contributed by atoms with E-state index in [0.717, 1.165) is 11.4 Å². The molecule has 0 saturated carbocycles. The van der Waals surface area contributed by atoms with Crippen molar-refractivity contribution in [3.63, 3.8) is 0 Å². The Hall–Kier alpha value is -1.70. The van der Waals surface area contributed by atoms with Crippen molar-refractivity contribution in [3.8, 4) is 0 Å². The van der Waals surface area contributed by atoms with Crippen LogP contribution in [0.3, 0.4) is 0 Å². The fourth-order valence-electron chi connectivity index (χ4n) is 1.82. The largest absolute Gasteiger partial charge is 0.349 e. The third kappa shape index (κ3) is 3.89. The van der Waals surface area contributed by atoms with Crippen molar-refractivity contribution >= 4 is 10.0 Å². The number of sulfonamides is 1. The first kappa shape index (κ1) is 14.7. The molecule has 2 aromatic rings. The molecule has 2 rings (SSSR count). The van der Waals surface area contributed by atoms with Crippen LogP contribution in [0.2, 0.25) is 0 Å². The maximum absolute atomic E-state index is 12.1. The molecule has 0 atom stereocenters. The molecular formula is C13H18N4O2S. The van der Waals surface area contributed by atoms with Crippen LogP contribution in [0.1, 0.15) is 17.8 Å². The Kier molecular flexibility index (Phi) is 4.89. The summed E-state index contributed by atoms with van der Waals surface area (Å²) >= 11 is 0. The molecule has 0 radical (unpaired) electrons. The maximum atomic E-state index is 12.1. The predicted octanol–water partition coefficient (Wildman–Crippen LogP) is 0.779. The van der Waals surface area contributed by atoms with Gasteiger partial charge in [0.1, 0.15) is 5.82 Å². The molecule has 7 heteroatoms. The second-order valence-electron chi connectivity index (χ2n) is 4.39. The van der Waals surface area contributed by atoms with Gasteiger partial charge in [-0.1, -0.05) is 12.1 Å². The van der Waals surface area contributed by atoms with E-state index in [-0.39, 0.29) is 4.90 Å². The number of benzene rings is 1. The first-order chi connectivity index (χ1) is 9.62. The minimum atomic E-state index is -3.47. The van der Waals surface area contributed by atoms with Gasteiger partial charge in [-0.3, -0.25) is 0 Å². The lowest BCUT2D eigenvalue weighted by molar-refractivity contribution is 0.578. The van der Waals surface area contributed by atoms with Crippen molar-refractivity contribution < 1.29 is 8.42 Å². The van der Waals surface area contributed by atoms with E-state index < -0.39 is 10.0 Å². The Labute approximate surface area is 118 Å². The molecule has 20 heavy (non-hydrogen) atoms. The van der Waals surface area contributed by atoms with Gasteiger partial charge >= 0.3 is 0 Å². The quantitative estimate of drug-likeness (QED) is 0.657. The lowest BCUT2D eigenvalue weighted by atomic mass is 10.2. The molecule has 0 aliphatic heterocycles. The molecule has 0 spiro atoms. The number of nitrogens with one attached hydrogen (secondary N) is 2. The monoisotopic (exact) mass is 294 g/mol. The zero-order chi connectivity index (χ0) is 14.4. The molecule has 108 valence electrons. The van der Waals surface area contributed by atoms with Crippen LogP contribution in [0.5, 0.6) is 0 Å². The van der Waals surface area contributed by atoms with Gasteiger partial charge in [0.15, 0.2) is 0 Å². The number of aryl methyl sites for hydroxylation is 1. The molecule has 0 aliphatic rings. The van der Waals surface area contributed by atoms with E-state index in [2.05, 4.69) is 14.7 Å². The van der Waals surface area contributed by atoms with Crippen LogP contribution in [-0.4, -0.2) is 24.9 Å². The second kappa shape index (κ2) is 6.65. The molecule has 0 saturated heterocycles. The third-order valence-corrected chi connectivity index (χ3v) is 4.34. The topological polar surface area (TPSA) is 101 Å². The Bertz CT molecular complexity index is 638. The zero-order valence-electron chi connectivity index (χ0n) is 11.0. The summed E-state index contributed by atoms with van der Waals surface area (Å²) in [6, 6.07) is 6.65. The molecule has 6 nitrogen and oxygen atoms in total. The average Bonchev–Trinajstić information content (AvgIpc) is 2.97. The highest BCUT2D eigenvalue weighted by Gasteiger charge is 2.13. The van der Waals surface area contributed by atoms with E-state index in [4.69, 9.17) is 5.73 Å². The SMILES string of the molecule is NCc1cccc(S(=O)(=O)NCCCc2ncc[nH]2)c1. The van der Waals surface area contributed by atoms with E-state index in [1.54, 1.807) is 36.7 Å². The van der Waals surface area contributed by atoms with E-state index in [1.807, 2.05) is 0 Å². The van der Waals surface area contributed by atoms with E-state index in [9.17, 15) is 8.42 Å². The molecule has 4 N–H and O–H groups in total. The van der Waals surface area contributed by atoms with Crippen LogP contribution < -0.4 is 10.5 Å². The van der Waals surface area contributed by atoms with Crippen molar-refractivity contribution in [1.82, 2.24) is 14.7 Å². The van der Waals surface area contributed by atoms with Gasteiger partial charge < -0.3 is 10.7 Å². The summed E-state index contributed by atoms with van der Waals surface area (Å²) in [4.78, 5) is 7.31. The number of imidazole rings is 1. The first-order valence-corrected chi connectivity index (χ1v) is 7.87. The van der Waals surface area contributed by atoms with Crippen molar-refractivity contribution in [1.29, 1.82) is 0 Å². The smallest absolute Gasteiger partial charge is 0.240 e. The number of nitrogens with two attached hydrogens (primary N) is 1.